The van der Waals surface area contributed by atoms with E-state index in [1.54, 1.807) is 23.6 Å². The lowest BCUT2D eigenvalue weighted by Crippen LogP contribution is -2.04. The number of imidazole rings is 1. The summed E-state index contributed by atoms with van der Waals surface area (Å²) in [4.78, 5) is 15.2. The third kappa shape index (κ3) is 2.65. The van der Waals surface area contributed by atoms with Crippen LogP contribution in [0.25, 0.3) is 16.7 Å². The Hall–Kier alpha value is -2.83. The minimum Gasteiger partial charge on any atom is -0.478 e. The molecule has 0 amide bonds. The lowest BCUT2D eigenvalue weighted by molar-refractivity contribution is -0.137. The molecule has 7 heteroatoms. The Morgan fingerprint density at radius 1 is 1.17 bits per heavy atom. The van der Waals surface area contributed by atoms with E-state index in [4.69, 9.17) is 5.11 Å². The zero-order valence-corrected chi connectivity index (χ0v) is 11.9. The summed E-state index contributed by atoms with van der Waals surface area (Å²) in [6.07, 6.45) is -4.44. The van der Waals surface area contributed by atoms with Crippen molar-refractivity contribution in [2.45, 2.75) is 13.1 Å². The summed E-state index contributed by atoms with van der Waals surface area (Å²) >= 11 is 0. The highest BCUT2D eigenvalue weighted by Gasteiger charge is 2.31. The molecule has 0 unspecified atom stereocenters. The molecule has 1 heterocycles. The van der Waals surface area contributed by atoms with Gasteiger partial charge in [0, 0.05) is 5.69 Å². The molecule has 0 atom stereocenters. The van der Waals surface area contributed by atoms with Gasteiger partial charge in [-0.3, -0.25) is 4.57 Å². The summed E-state index contributed by atoms with van der Waals surface area (Å²) < 4.78 is 40.0. The van der Waals surface area contributed by atoms with Gasteiger partial charge in [-0.25, -0.2) is 9.78 Å². The first kappa shape index (κ1) is 15.1. The molecule has 4 nitrogen and oxygen atoms in total. The number of hydrogen-bond donors (Lipinski definition) is 1. The highest BCUT2D eigenvalue weighted by Crippen LogP contribution is 2.32. The maximum Gasteiger partial charge on any atom is 0.416 e. The van der Waals surface area contributed by atoms with Gasteiger partial charge >= 0.3 is 12.1 Å². The quantitative estimate of drug-likeness (QED) is 0.775. The first-order valence-corrected chi connectivity index (χ1v) is 6.67. The molecule has 0 saturated carbocycles. The Balaban J connectivity index is 2.21. The molecule has 0 aliphatic heterocycles. The summed E-state index contributed by atoms with van der Waals surface area (Å²) in [5.74, 6) is -0.602. The van der Waals surface area contributed by atoms with Crippen molar-refractivity contribution in [3.05, 3.63) is 59.4 Å². The van der Waals surface area contributed by atoms with Gasteiger partial charge in [0.2, 0.25) is 0 Å². The summed E-state index contributed by atoms with van der Waals surface area (Å²) in [5, 5.41) is 9.07. The fourth-order valence-corrected chi connectivity index (χ4v) is 2.48. The molecule has 3 rings (SSSR count). The van der Waals surface area contributed by atoms with Gasteiger partial charge in [0.05, 0.1) is 22.2 Å². The van der Waals surface area contributed by atoms with Crippen molar-refractivity contribution < 1.29 is 23.1 Å². The van der Waals surface area contributed by atoms with E-state index in [2.05, 4.69) is 4.98 Å². The zero-order valence-electron chi connectivity index (χ0n) is 11.9. The number of carbonyl (C=O) groups is 1. The molecule has 0 spiro atoms. The predicted octanol–water partition coefficient (Wildman–Crippen LogP) is 4.05. The molecular weight excluding hydrogens is 309 g/mol. The molecule has 3 aromatic rings. The molecule has 23 heavy (non-hydrogen) atoms. The van der Waals surface area contributed by atoms with Crippen molar-refractivity contribution in [3.8, 4) is 5.69 Å². The van der Waals surface area contributed by atoms with Crippen LogP contribution in [0.2, 0.25) is 0 Å². The number of aromatic carboxylic acids is 1. The number of alkyl halides is 3. The first-order valence-electron chi connectivity index (χ1n) is 6.67. The van der Waals surface area contributed by atoms with Crippen molar-refractivity contribution in [2.24, 2.45) is 0 Å². The highest BCUT2D eigenvalue weighted by molar-refractivity contribution is 5.88. The van der Waals surface area contributed by atoms with E-state index in [0.29, 0.717) is 17.0 Å². The van der Waals surface area contributed by atoms with E-state index in [1.165, 1.54) is 18.2 Å². The van der Waals surface area contributed by atoms with Crippen LogP contribution in [0.4, 0.5) is 13.2 Å². The van der Waals surface area contributed by atoms with Gasteiger partial charge in [-0.15, -0.1) is 0 Å². The minimum atomic E-state index is -4.44. The van der Waals surface area contributed by atoms with Gasteiger partial charge in [0.15, 0.2) is 0 Å². The van der Waals surface area contributed by atoms with Crippen LogP contribution in [-0.4, -0.2) is 20.6 Å². The van der Waals surface area contributed by atoms with Crippen LogP contribution in [0.5, 0.6) is 0 Å². The van der Waals surface area contributed by atoms with Crippen molar-refractivity contribution in [3.63, 3.8) is 0 Å². The number of carboxylic acids is 1. The Labute approximate surface area is 128 Å². The Bertz CT molecular complexity index is 913. The number of rotatable bonds is 2. The molecule has 0 bridgehead atoms. The van der Waals surface area contributed by atoms with E-state index in [0.717, 1.165) is 12.1 Å². The van der Waals surface area contributed by atoms with Gasteiger partial charge < -0.3 is 5.11 Å². The van der Waals surface area contributed by atoms with Crippen molar-refractivity contribution >= 4 is 17.0 Å². The van der Waals surface area contributed by atoms with Crippen LogP contribution in [-0.2, 0) is 6.18 Å². The topological polar surface area (TPSA) is 55.1 Å². The second-order valence-corrected chi connectivity index (χ2v) is 5.05. The molecule has 0 radical (unpaired) electrons. The third-order valence-corrected chi connectivity index (χ3v) is 3.50. The van der Waals surface area contributed by atoms with E-state index in [-0.39, 0.29) is 11.1 Å². The van der Waals surface area contributed by atoms with Gasteiger partial charge in [0.1, 0.15) is 5.82 Å². The van der Waals surface area contributed by atoms with Crippen LogP contribution < -0.4 is 0 Å². The summed E-state index contributed by atoms with van der Waals surface area (Å²) in [7, 11) is 0. The van der Waals surface area contributed by atoms with Crippen LogP contribution >= 0.6 is 0 Å². The Morgan fingerprint density at radius 2 is 1.91 bits per heavy atom. The second kappa shape index (κ2) is 5.12. The average molecular weight is 320 g/mol. The molecule has 0 saturated heterocycles. The van der Waals surface area contributed by atoms with E-state index < -0.39 is 17.7 Å². The summed E-state index contributed by atoms with van der Waals surface area (Å²) in [6, 6.07) is 9.47. The van der Waals surface area contributed by atoms with Gasteiger partial charge in [0.25, 0.3) is 0 Å². The number of nitrogens with zero attached hydrogens (tertiary/aromatic N) is 2. The number of aromatic nitrogens is 2. The van der Waals surface area contributed by atoms with Crippen LogP contribution in [0, 0.1) is 6.92 Å². The minimum absolute atomic E-state index is 0.0932. The van der Waals surface area contributed by atoms with Crippen LogP contribution in [0.15, 0.2) is 42.5 Å². The molecular formula is C16H11F3N2O2. The van der Waals surface area contributed by atoms with E-state index >= 15 is 0 Å². The fourth-order valence-electron chi connectivity index (χ4n) is 2.48. The normalized spacial score (nSPS) is 11.8. The van der Waals surface area contributed by atoms with Gasteiger partial charge in [-0.1, -0.05) is 6.07 Å². The van der Waals surface area contributed by atoms with Crippen LogP contribution in [0.1, 0.15) is 21.7 Å². The summed E-state index contributed by atoms with van der Waals surface area (Å²) in [6.45, 7) is 1.65. The van der Waals surface area contributed by atoms with Gasteiger partial charge in [-0.2, -0.15) is 13.2 Å². The lowest BCUT2D eigenvalue weighted by Gasteiger charge is -2.09. The number of fused-ring (bicyclic) bond motifs is 1. The molecule has 1 N–H and O–H groups in total. The average Bonchev–Trinajstić information content (AvgIpc) is 2.81. The Kier molecular flexibility index (Phi) is 3.35. The fraction of sp³-hybridized carbons (Fsp3) is 0.125. The van der Waals surface area contributed by atoms with E-state index in [9.17, 15) is 18.0 Å². The molecule has 0 aliphatic rings. The number of carboxylic acid groups (broad SMARTS) is 1. The monoisotopic (exact) mass is 320 g/mol. The second-order valence-electron chi connectivity index (χ2n) is 5.05. The van der Waals surface area contributed by atoms with Crippen molar-refractivity contribution in [2.75, 3.05) is 0 Å². The highest BCUT2D eigenvalue weighted by atomic mass is 19.4. The van der Waals surface area contributed by atoms with E-state index in [1.807, 2.05) is 0 Å². The largest absolute Gasteiger partial charge is 0.478 e. The number of aryl methyl sites for hydroxylation is 1. The predicted molar refractivity (Wildman–Crippen MR) is 77.8 cm³/mol. The first-order chi connectivity index (χ1) is 10.8. The Morgan fingerprint density at radius 3 is 2.57 bits per heavy atom. The third-order valence-electron chi connectivity index (χ3n) is 3.50. The zero-order chi connectivity index (χ0) is 16.8. The molecule has 0 fully saturated rings. The van der Waals surface area contributed by atoms with Crippen LogP contribution in [0.3, 0.4) is 0 Å². The number of hydrogen-bond acceptors (Lipinski definition) is 2. The summed E-state index contributed by atoms with van der Waals surface area (Å²) in [5.41, 5.74) is 0.547. The molecule has 0 aliphatic carbocycles. The molecule has 2 aromatic carbocycles. The standard InChI is InChI=1S/C16H11F3N2O2/c1-9-20-13-8-11(16(17,18)19)5-6-14(13)21(9)12-4-2-3-10(7-12)15(22)23/h2-8H,1H3,(H,22,23). The smallest absolute Gasteiger partial charge is 0.416 e. The number of halogens is 3. The maximum atomic E-state index is 12.8. The SMILES string of the molecule is Cc1nc2cc(C(F)(F)F)ccc2n1-c1cccc(C(=O)O)c1. The lowest BCUT2D eigenvalue weighted by atomic mass is 10.1. The number of benzene rings is 2. The van der Waals surface area contributed by atoms with Gasteiger partial charge in [-0.05, 0) is 43.3 Å². The van der Waals surface area contributed by atoms with Crippen molar-refractivity contribution in [1.29, 1.82) is 0 Å². The molecule has 1 aromatic heterocycles. The maximum absolute atomic E-state index is 12.8. The van der Waals surface area contributed by atoms with Crippen molar-refractivity contribution in [1.82, 2.24) is 9.55 Å². The molecule has 118 valence electrons.